The van der Waals surface area contributed by atoms with Crippen molar-refractivity contribution in [1.29, 1.82) is 0 Å². The second-order valence-electron chi connectivity index (χ2n) is 2.16. The van der Waals surface area contributed by atoms with Gasteiger partial charge in [-0.15, -0.1) is 0 Å². The lowest BCUT2D eigenvalue weighted by Gasteiger charge is -1.95. The molecule has 12 heavy (non-hydrogen) atoms. The summed E-state index contributed by atoms with van der Waals surface area (Å²) in [6, 6.07) is 4.50. The summed E-state index contributed by atoms with van der Waals surface area (Å²) in [6.45, 7) is 0. The molecule has 0 aliphatic carbocycles. The van der Waals surface area contributed by atoms with Crippen LogP contribution >= 0.6 is 11.6 Å². The Labute approximate surface area is 75.0 Å². The van der Waals surface area contributed by atoms with E-state index in [0.717, 1.165) is 0 Å². The van der Waals surface area contributed by atoms with Crippen LogP contribution in [0.4, 0.5) is 4.39 Å². The Morgan fingerprint density at radius 2 is 2.33 bits per heavy atom. The van der Waals surface area contributed by atoms with E-state index in [2.05, 4.69) is 10.5 Å². The predicted molar refractivity (Wildman–Crippen MR) is 48.1 cm³/mol. The van der Waals surface area contributed by atoms with E-state index in [4.69, 9.17) is 11.6 Å². The molecule has 0 saturated heterocycles. The fourth-order valence-electron chi connectivity index (χ4n) is 0.732. The molecule has 0 aromatic heterocycles. The summed E-state index contributed by atoms with van der Waals surface area (Å²) in [6.07, 6.45) is 1.51. The Kier molecular flexibility index (Phi) is 3.05. The van der Waals surface area contributed by atoms with E-state index in [1.165, 1.54) is 18.3 Å². The monoisotopic (exact) mass is 186 g/mol. The summed E-state index contributed by atoms with van der Waals surface area (Å²) in [5.41, 5.74) is 3.24. The minimum Gasteiger partial charge on any atom is -0.313 e. The van der Waals surface area contributed by atoms with Gasteiger partial charge in [0, 0.05) is 7.05 Å². The highest BCUT2D eigenvalue weighted by molar-refractivity contribution is 6.30. The van der Waals surface area contributed by atoms with Crippen LogP contribution in [0.25, 0.3) is 0 Å². The first-order valence-electron chi connectivity index (χ1n) is 3.39. The molecule has 1 N–H and O–H groups in total. The Morgan fingerprint density at radius 3 is 2.92 bits per heavy atom. The van der Waals surface area contributed by atoms with E-state index in [-0.39, 0.29) is 5.02 Å². The summed E-state index contributed by atoms with van der Waals surface area (Å²) in [7, 11) is 1.67. The maximum absolute atomic E-state index is 12.8. The van der Waals surface area contributed by atoms with Gasteiger partial charge in [0.05, 0.1) is 11.2 Å². The number of rotatable bonds is 2. The molecule has 0 saturated carbocycles. The smallest absolute Gasteiger partial charge is 0.142 e. The van der Waals surface area contributed by atoms with Gasteiger partial charge >= 0.3 is 0 Å². The number of benzene rings is 1. The molecule has 0 radical (unpaired) electrons. The lowest BCUT2D eigenvalue weighted by atomic mass is 10.2. The second-order valence-corrected chi connectivity index (χ2v) is 2.56. The number of hydrogen-bond donors (Lipinski definition) is 1. The zero-order valence-electron chi connectivity index (χ0n) is 6.51. The molecule has 0 aliphatic heterocycles. The normalized spacial score (nSPS) is 10.6. The summed E-state index contributed by atoms with van der Waals surface area (Å²) in [4.78, 5) is 0. The number of nitrogens with one attached hydrogen (secondary N) is 1. The molecule has 0 spiro atoms. The van der Waals surface area contributed by atoms with Crippen molar-refractivity contribution in [3.63, 3.8) is 0 Å². The Morgan fingerprint density at radius 1 is 1.58 bits per heavy atom. The number of hydrogen-bond acceptors (Lipinski definition) is 2. The molecule has 0 unspecified atom stereocenters. The highest BCUT2D eigenvalue weighted by Gasteiger charge is 1.97. The van der Waals surface area contributed by atoms with Crippen LogP contribution in [0.3, 0.4) is 0 Å². The van der Waals surface area contributed by atoms with Gasteiger partial charge < -0.3 is 5.43 Å². The van der Waals surface area contributed by atoms with Gasteiger partial charge in [0.15, 0.2) is 0 Å². The van der Waals surface area contributed by atoms with E-state index in [1.807, 2.05) is 0 Å². The van der Waals surface area contributed by atoms with E-state index >= 15 is 0 Å². The number of hydrazone groups is 1. The molecule has 0 bridgehead atoms. The van der Waals surface area contributed by atoms with Crippen molar-refractivity contribution < 1.29 is 4.39 Å². The predicted octanol–water partition coefficient (Wildman–Crippen LogP) is 2.03. The van der Waals surface area contributed by atoms with Crippen LogP contribution in [0, 0.1) is 5.82 Å². The van der Waals surface area contributed by atoms with Gasteiger partial charge in [-0.25, -0.2) is 4.39 Å². The fourth-order valence-corrected chi connectivity index (χ4v) is 0.849. The highest BCUT2D eigenvalue weighted by atomic mass is 35.5. The SMILES string of the molecule is CN/N=C/c1ccc(Cl)c(F)c1. The van der Waals surface area contributed by atoms with Crippen LogP contribution in [-0.2, 0) is 0 Å². The molecule has 1 rings (SSSR count). The minimum atomic E-state index is -0.434. The van der Waals surface area contributed by atoms with Crippen molar-refractivity contribution in [2.45, 2.75) is 0 Å². The third-order valence-corrected chi connectivity index (χ3v) is 1.59. The molecule has 4 heteroatoms. The Balaban J connectivity index is 2.89. The lowest BCUT2D eigenvalue weighted by Crippen LogP contribution is -1.94. The zero-order valence-corrected chi connectivity index (χ0v) is 7.27. The first-order chi connectivity index (χ1) is 5.74. The second kappa shape index (κ2) is 4.07. The topological polar surface area (TPSA) is 24.4 Å². The van der Waals surface area contributed by atoms with Gasteiger partial charge in [0.25, 0.3) is 0 Å². The number of nitrogens with zero attached hydrogens (tertiary/aromatic N) is 1. The molecule has 0 heterocycles. The molecule has 0 amide bonds. The van der Waals surface area contributed by atoms with Crippen molar-refractivity contribution in [1.82, 2.24) is 5.43 Å². The first kappa shape index (κ1) is 9.00. The van der Waals surface area contributed by atoms with Crippen LogP contribution in [0.5, 0.6) is 0 Å². The third-order valence-electron chi connectivity index (χ3n) is 1.29. The average Bonchev–Trinajstić information content (AvgIpc) is 2.07. The summed E-state index contributed by atoms with van der Waals surface area (Å²) in [5, 5.41) is 3.85. The van der Waals surface area contributed by atoms with E-state index < -0.39 is 5.82 Å². The van der Waals surface area contributed by atoms with E-state index in [1.54, 1.807) is 13.1 Å². The molecular formula is C8H8ClFN2. The van der Waals surface area contributed by atoms with E-state index in [0.29, 0.717) is 5.56 Å². The third kappa shape index (κ3) is 2.20. The molecule has 2 nitrogen and oxygen atoms in total. The van der Waals surface area contributed by atoms with Gasteiger partial charge in [-0.1, -0.05) is 17.7 Å². The van der Waals surface area contributed by atoms with Crippen molar-refractivity contribution in [3.8, 4) is 0 Å². The van der Waals surface area contributed by atoms with Crippen molar-refractivity contribution in [3.05, 3.63) is 34.6 Å². The summed E-state index contributed by atoms with van der Waals surface area (Å²) >= 11 is 5.48. The molecule has 64 valence electrons. The van der Waals surface area contributed by atoms with Gasteiger partial charge in [0.2, 0.25) is 0 Å². The lowest BCUT2D eigenvalue weighted by molar-refractivity contribution is 0.628. The van der Waals surface area contributed by atoms with Crippen LogP contribution < -0.4 is 5.43 Å². The van der Waals surface area contributed by atoms with Crippen molar-refractivity contribution in [2.75, 3.05) is 7.05 Å². The van der Waals surface area contributed by atoms with Crippen LogP contribution in [0.1, 0.15) is 5.56 Å². The standard InChI is InChI=1S/C8H8ClFN2/c1-11-12-5-6-2-3-7(9)8(10)4-6/h2-5,11H,1H3/b12-5+. The largest absolute Gasteiger partial charge is 0.313 e. The number of halogens is 2. The quantitative estimate of drug-likeness (QED) is 0.555. The van der Waals surface area contributed by atoms with Gasteiger partial charge in [-0.05, 0) is 17.7 Å². The van der Waals surface area contributed by atoms with Gasteiger partial charge in [-0.3, -0.25) is 0 Å². The maximum atomic E-state index is 12.8. The highest BCUT2D eigenvalue weighted by Crippen LogP contribution is 2.14. The van der Waals surface area contributed by atoms with Crippen LogP contribution in [0.15, 0.2) is 23.3 Å². The molecular weight excluding hydrogens is 179 g/mol. The minimum absolute atomic E-state index is 0.122. The van der Waals surface area contributed by atoms with Crippen LogP contribution in [-0.4, -0.2) is 13.3 Å². The summed E-state index contributed by atoms with van der Waals surface area (Å²) < 4.78 is 12.8. The van der Waals surface area contributed by atoms with E-state index in [9.17, 15) is 4.39 Å². The van der Waals surface area contributed by atoms with Crippen molar-refractivity contribution in [2.24, 2.45) is 5.10 Å². The van der Waals surface area contributed by atoms with Gasteiger partial charge in [0.1, 0.15) is 5.82 Å². The molecule has 0 aliphatic rings. The molecule has 0 atom stereocenters. The maximum Gasteiger partial charge on any atom is 0.142 e. The zero-order chi connectivity index (χ0) is 8.97. The molecule has 0 fully saturated rings. The molecule has 1 aromatic rings. The van der Waals surface area contributed by atoms with Crippen LogP contribution in [0.2, 0.25) is 5.02 Å². The van der Waals surface area contributed by atoms with Crippen molar-refractivity contribution >= 4 is 17.8 Å². The molecule has 1 aromatic carbocycles. The fraction of sp³-hybridized carbons (Fsp3) is 0.125. The Bertz CT molecular complexity index is 299. The average molecular weight is 187 g/mol. The van der Waals surface area contributed by atoms with Gasteiger partial charge in [-0.2, -0.15) is 5.10 Å². The summed E-state index contributed by atoms with van der Waals surface area (Å²) in [5.74, 6) is -0.434. The Hall–Kier alpha value is -1.09. The first-order valence-corrected chi connectivity index (χ1v) is 3.76.